The average Bonchev–Trinajstić information content (AvgIpc) is 3.50. The minimum Gasteiger partial charge on any atom is -0.342 e. The van der Waals surface area contributed by atoms with Crippen LogP contribution in [0.3, 0.4) is 0 Å². The number of benzene rings is 2. The van der Waals surface area contributed by atoms with E-state index in [-0.39, 0.29) is 11.2 Å². The third kappa shape index (κ3) is 4.11. The fourth-order valence-corrected chi connectivity index (χ4v) is 4.69. The van der Waals surface area contributed by atoms with Gasteiger partial charge in [0.25, 0.3) is 5.89 Å². The zero-order valence-electron chi connectivity index (χ0n) is 17.5. The third-order valence-corrected chi connectivity index (χ3v) is 6.63. The molecule has 1 saturated heterocycles. The largest absolute Gasteiger partial charge is 0.342 e. The summed E-state index contributed by atoms with van der Waals surface area (Å²) < 4.78 is 18.4. The summed E-state index contributed by atoms with van der Waals surface area (Å²) in [5.74, 6) is 1.51. The summed E-state index contributed by atoms with van der Waals surface area (Å²) in [6.45, 7) is 1.65. The minimum absolute atomic E-state index is 0.291. The predicted octanol–water partition coefficient (Wildman–Crippen LogP) is 4.78. The van der Waals surface area contributed by atoms with Crippen LogP contribution in [-0.2, 0) is 16.6 Å². The fraction of sp³-hybridized carbons (Fsp3) is 0.400. The maximum Gasteiger partial charge on any atom is 0.257 e. The molecule has 5 nitrogen and oxygen atoms in total. The van der Waals surface area contributed by atoms with Gasteiger partial charge in [-0.05, 0) is 67.9 Å². The lowest BCUT2D eigenvalue weighted by Gasteiger charge is -2.35. The zero-order chi connectivity index (χ0) is 21.3. The molecule has 1 amide bonds. The van der Waals surface area contributed by atoms with Gasteiger partial charge in [0.05, 0.1) is 5.41 Å². The molecule has 0 bridgehead atoms. The molecule has 5 rings (SSSR count). The van der Waals surface area contributed by atoms with Crippen molar-refractivity contribution in [1.29, 1.82) is 0 Å². The van der Waals surface area contributed by atoms with Crippen LogP contribution in [0.2, 0.25) is 0 Å². The van der Waals surface area contributed by atoms with Gasteiger partial charge >= 0.3 is 0 Å². The molecular formula is C25H26FN3O2. The van der Waals surface area contributed by atoms with E-state index in [0.717, 1.165) is 50.8 Å². The Labute approximate surface area is 181 Å². The number of hydrogen-bond acceptors (Lipinski definition) is 4. The standard InChI is InChI=1S/C25H26FN3O2/c26-21-11-9-19(10-12-21)23-27-22(28-31-23)13-8-18-5-4-16-29(17-18)24(30)25(14-15-25)20-6-2-1-3-7-20/h1-3,6-7,9-12,18H,4-5,8,13-17H2. The second-order valence-electron chi connectivity index (χ2n) is 8.77. The van der Waals surface area contributed by atoms with Crippen molar-refractivity contribution in [3.63, 3.8) is 0 Å². The lowest BCUT2D eigenvalue weighted by Crippen LogP contribution is -2.45. The molecular weight excluding hydrogens is 393 g/mol. The maximum absolute atomic E-state index is 13.3. The van der Waals surface area contributed by atoms with Gasteiger partial charge in [-0.25, -0.2) is 4.39 Å². The van der Waals surface area contributed by atoms with Crippen molar-refractivity contribution >= 4 is 5.91 Å². The van der Waals surface area contributed by atoms with Gasteiger partial charge in [0.1, 0.15) is 5.82 Å². The molecule has 3 aromatic rings. The smallest absolute Gasteiger partial charge is 0.257 e. The van der Waals surface area contributed by atoms with Gasteiger partial charge in [-0.3, -0.25) is 4.79 Å². The number of nitrogens with zero attached hydrogens (tertiary/aromatic N) is 3. The van der Waals surface area contributed by atoms with E-state index in [1.54, 1.807) is 12.1 Å². The van der Waals surface area contributed by atoms with Crippen LogP contribution in [0.25, 0.3) is 11.5 Å². The molecule has 31 heavy (non-hydrogen) atoms. The van der Waals surface area contributed by atoms with Gasteiger partial charge in [0, 0.05) is 25.1 Å². The average molecular weight is 420 g/mol. The van der Waals surface area contributed by atoms with Gasteiger partial charge in [0.15, 0.2) is 5.82 Å². The Balaban J connectivity index is 1.19. The number of rotatable bonds is 6. The fourth-order valence-electron chi connectivity index (χ4n) is 4.69. The molecule has 2 fully saturated rings. The zero-order valence-corrected chi connectivity index (χ0v) is 17.5. The summed E-state index contributed by atoms with van der Waals surface area (Å²) in [5.41, 5.74) is 1.58. The summed E-state index contributed by atoms with van der Waals surface area (Å²) >= 11 is 0. The first kappa shape index (κ1) is 19.9. The number of hydrogen-bond donors (Lipinski definition) is 0. The van der Waals surface area contributed by atoms with Crippen LogP contribution in [0.1, 0.15) is 43.5 Å². The molecule has 1 aliphatic heterocycles. The first-order valence-corrected chi connectivity index (χ1v) is 11.1. The monoisotopic (exact) mass is 419 g/mol. The van der Waals surface area contributed by atoms with Gasteiger partial charge in [-0.2, -0.15) is 4.98 Å². The molecule has 1 saturated carbocycles. The lowest BCUT2D eigenvalue weighted by atomic mass is 9.89. The van der Waals surface area contributed by atoms with Crippen LogP contribution in [-0.4, -0.2) is 34.0 Å². The number of piperidine rings is 1. The Morgan fingerprint density at radius 1 is 1.13 bits per heavy atom. The highest BCUT2D eigenvalue weighted by Gasteiger charge is 2.53. The number of amides is 1. The topological polar surface area (TPSA) is 59.2 Å². The molecule has 0 spiro atoms. The number of carbonyl (C=O) groups is 1. The highest BCUT2D eigenvalue weighted by Crippen LogP contribution is 2.50. The van der Waals surface area contributed by atoms with Crippen LogP contribution in [0.5, 0.6) is 0 Å². The van der Waals surface area contributed by atoms with E-state index in [1.807, 2.05) is 18.2 Å². The van der Waals surface area contributed by atoms with Gasteiger partial charge in [-0.1, -0.05) is 35.5 Å². The molecule has 1 aromatic heterocycles. The number of carbonyl (C=O) groups excluding carboxylic acids is 1. The van der Waals surface area contributed by atoms with Crippen LogP contribution in [0.15, 0.2) is 59.1 Å². The predicted molar refractivity (Wildman–Crippen MR) is 115 cm³/mol. The SMILES string of the molecule is O=C(N1CCCC(CCc2noc(-c3ccc(F)cc3)n2)C1)C1(c2ccccc2)CC1. The van der Waals surface area contributed by atoms with Gasteiger partial charge in [-0.15, -0.1) is 0 Å². The van der Waals surface area contributed by atoms with Crippen molar-refractivity contribution in [2.24, 2.45) is 5.92 Å². The number of halogens is 1. The molecule has 0 N–H and O–H groups in total. The first-order valence-electron chi connectivity index (χ1n) is 11.1. The second kappa shape index (κ2) is 8.25. The van der Waals surface area contributed by atoms with Crippen molar-refractivity contribution in [1.82, 2.24) is 15.0 Å². The first-order chi connectivity index (χ1) is 15.1. The van der Waals surface area contributed by atoms with Crippen molar-refractivity contribution in [2.45, 2.75) is 43.9 Å². The van der Waals surface area contributed by atoms with Gasteiger partial charge in [0.2, 0.25) is 5.91 Å². The van der Waals surface area contributed by atoms with E-state index in [9.17, 15) is 9.18 Å². The Morgan fingerprint density at radius 2 is 1.90 bits per heavy atom. The molecule has 1 atom stereocenters. The second-order valence-corrected chi connectivity index (χ2v) is 8.77. The van der Waals surface area contributed by atoms with Crippen LogP contribution in [0, 0.1) is 11.7 Å². The number of aromatic nitrogens is 2. The summed E-state index contributed by atoms with van der Waals surface area (Å²) in [5, 5.41) is 4.08. The molecule has 1 unspecified atom stereocenters. The van der Waals surface area contributed by atoms with E-state index in [0.29, 0.717) is 35.5 Å². The van der Waals surface area contributed by atoms with Crippen molar-refractivity contribution < 1.29 is 13.7 Å². The summed E-state index contributed by atoms with van der Waals surface area (Å²) in [4.78, 5) is 19.9. The van der Waals surface area contributed by atoms with Crippen molar-refractivity contribution in [3.8, 4) is 11.5 Å². The molecule has 0 radical (unpaired) electrons. The Morgan fingerprint density at radius 3 is 2.65 bits per heavy atom. The Hall–Kier alpha value is -3.02. The van der Waals surface area contributed by atoms with Gasteiger partial charge < -0.3 is 9.42 Å². The molecule has 2 aliphatic rings. The number of aryl methyl sites for hydroxylation is 1. The Kier molecular flexibility index (Phi) is 5.30. The number of likely N-dealkylation sites (tertiary alicyclic amines) is 1. The maximum atomic E-state index is 13.3. The minimum atomic E-state index is -0.292. The molecule has 160 valence electrons. The quantitative estimate of drug-likeness (QED) is 0.577. The third-order valence-electron chi connectivity index (χ3n) is 6.63. The highest BCUT2D eigenvalue weighted by atomic mass is 19.1. The van der Waals surface area contributed by atoms with Crippen LogP contribution in [0.4, 0.5) is 4.39 Å². The van der Waals surface area contributed by atoms with Crippen LogP contribution < -0.4 is 0 Å². The Bertz CT molecular complexity index is 1040. The molecule has 1 aliphatic carbocycles. The van der Waals surface area contributed by atoms with Crippen molar-refractivity contribution in [3.05, 3.63) is 71.8 Å². The van der Waals surface area contributed by atoms with E-state index in [4.69, 9.17) is 4.52 Å². The summed E-state index contributed by atoms with van der Waals surface area (Å²) in [6, 6.07) is 16.3. The molecule has 6 heteroatoms. The van der Waals surface area contributed by atoms with Crippen molar-refractivity contribution in [2.75, 3.05) is 13.1 Å². The van der Waals surface area contributed by atoms with E-state index < -0.39 is 0 Å². The molecule has 2 aromatic carbocycles. The molecule has 2 heterocycles. The lowest BCUT2D eigenvalue weighted by molar-refractivity contribution is -0.135. The summed E-state index contributed by atoms with van der Waals surface area (Å²) in [7, 11) is 0. The van der Waals surface area contributed by atoms with E-state index >= 15 is 0 Å². The normalized spacial score (nSPS) is 19.9. The summed E-state index contributed by atoms with van der Waals surface area (Å²) in [6.07, 6.45) is 5.68. The van der Waals surface area contributed by atoms with E-state index in [2.05, 4.69) is 27.2 Å². The highest BCUT2D eigenvalue weighted by molar-refractivity contribution is 5.91. The van der Waals surface area contributed by atoms with Crippen LogP contribution >= 0.6 is 0 Å². The van der Waals surface area contributed by atoms with E-state index in [1.165, 1.54) is 12.1 Å².